The fourth-order valence-electron chi connectivity index (χ4n) is 3.67. The van der Waals surface area contributed by atoms with Crippen LogP contribution in [0.3, 0.4) is 0 Å². The van der Waals surface area contributed by atoms with Gasteiger partial charge in [-0.1, -0.05) is 12.1 Å². The molecule has 1 aliphatic heterocycles. The Bertz CT molecular complexity index is 726. The summed E-state index contributed by atoms with van der Waals surface area (Å²) in [5.74, 6) is -1.67. The Morgan fingerprint density at radius 2 is 1.57 bits per heavy atom. The number of amides is 2. The Balaban J connectivity index is 1.78. The van der Waals surface area contributed by atoms with Crippen molar-refractivity contribution in [3.63, 3.8) is 0 Å². The Kier molecular flexibility index (Phi) is 5.42. The minimum Gasteiger partial charge on any atom is -0.465 e. The maximum Gasteiger partial charge on any atom is 0.573 e. The van der Waals surface area contributed by atoms with Gasteiger partial charge in [0.25, 0.3) is 0 Å². The summed E-state index contributed by atoms with van der Waals surface area (Å²) < 4.78 is 40.9. The molecule has 28 heavy (non-hydrogen) atoms. The number of ether oxygens (including phenoxy) is 1. The molecule has 0 radical (unpaired) electrons. The van der Waals surface area contributed by atoms with E-state index in [1.807, 2.05) is 0 Å². The standard InChI is InChI=1S/C18H21F3N2O5/c19-18(20,21)28-13-4-2-12(3-5-13)14(17(27)6-1-7-17)15(24)22-8-10-23(11-9-22)16(25)26/h2-5,14,27H,1,6-11H2,(H,25,26). The third-order valence-corrected chi connectivity index (χ3v) is 5.31. The van der Waals surface area contributed by atoms with E-state index in [0.717, 1.165) is 18.6 Å². The van der Waals surface area contributed by atoms with Crippen LogP contribution >= 0.6 is 0 Å². The first-order valence-electron chi connectivity index (χ1n) is 8.94. The van der Waals surface area contributed by atoms with Crippen molar-refractivity contribution in [1.82, 2.24) is 9.80 Å². The molecular formula is C18H21F3N2O5. The smallest absolute Gasteiger partial charge is 0.465 e. The highest BCUT2D eigenvalue weighted by Crippen LogP contribution is 2.45. The van der Waals surface area contributed by atoms with Crippen molar-refractivity contribution in [3.05, 3.63) is 29.8 Å². The van der Waals surface area contributed by atoms with Crippen molar-refractivity contribution >= 4 is 12.0 Å². The zero-order valence-electron chi connectivity index (χ0n) is 15.0. The monoisotopic (exact) mass is 402 g/mol. The highest BCUT2D eigenvalue weighted by atomic mass is 19.4. The van der Waals surface area contributed by atoms with Crippen molar-refractivity contribution in [2.24, 2.45) is 0 Å². The van der Waals surface area contributed by atoms with Gasteiger partial charge in [-0.05, 0) is 37.0 Å². The van der Waals surface area contributed by atoms with E-state index in [-0.39, 0.29) is 32.1 Å². The lowest BCUT2D eigenvalue weighted by atomic mass is 9.68. The number of rotatable bonds is 4. The predicted molar refractivity (Wildman–Crippen MR) is 90.8 cm³/mol. The van der Waals surface area contributed by atoms with Gasteiger partial charge in [0.15, 0.2) is 0 Å². The molecule has 154 valence electrons. The van der Waals surface area contributed by atoms with Gasteiger partial charge >= 0.3 is 12.5 Å². The van der Waals surface area contributed by atoms with E-state index in [0.29, 0.717) is 18.4 Å². The summed E-state index contributed by atoms with van der Waals surface area (Å²) >= 11 is 0. The van der Waals surface area contributed by atoms with Gasteiger partial charge in [0, 0.05) is 26.2 Å². The quantitative estimate of drug-likeness (QED) is 0.807. The molecule has 1 saturated carbocycles. The van der Waals surface area contributed by atoms with Crippen LogP contribution in [0.25, 0.3) is 0 Å². The number of benzene rings is 1. The maximum absolute atomic E-state index is 13.1. The van der Waals surface area contributed by atoms with Crippen molar-refractivity contribution in [1.29, 1.82) is 0 Å². The molecule has 2 N–H and O–H groups in total. The lowest BCUT2D eigenvalue weighted by Crippen LogP contribution is -2.55. The Hall–Kier alpha value is -2.49. The van der Waals surface area contributed by atoms with Gasteiger partial charge in [0.05, 0.1) is 11.5 Å². The van der Waals surface area contributed by atoms with E-state index in [1.165, 1.54) is 21.9 Å². The first kappa shape index (κ1) is 20.2. The molecule has 1 saturated heterocycles. The lowest BCUT2D eigenvalue weighted by Gasteiger charge is -2.45. The summed E-state index contributed by atoms with van der Waals surface area (Å²) in [5, 5.41) is 19.9. The third kappa shape index (κ3) is 4.32. The molecule has 1 heterocycles. The molecular weight excluding hydrogens is 381 g/mol. The summed E-state index contributed by atoms with van der Waals surface area (Å²) in [6, 6.07) is 4.95. The number of aliphatic hydroxyl groups is 1. The minimum absolute atomic E-state index is 0.171. The van der Waals surface area contributed by atoms with E-state index < -0.39 is 29.7 Å². The van der Waals surface area contributed by atoms with Gasteiger partial charge in [0.2, 0.25) is 5.91 Å². The SMILES string of the molecule is O=C(O)N1CCN(C(=O)C(c2ccc(OC(F)(F)F)cc2)C2(O)CCC2)CC1. The number of nitrogens with zero attached hydrogens (tertiary/aromatic N) is 2. The average molecular weight is 402 g/mol. The largest absolute Gasteiger partial charge is 0.573 e. The van der Waals surface area contributed by atoms with Crippen molar-refractivity contribution in [2.75, 3.05) is 26.2 Å². The fraction of sp³-hybridized carbons (Fsp3) is 0.556. The number of hydrogen-bond donors (Lipinski definition) is 2. The van der Waals surface area contributed by atoms with E-state index >= 15 is 0 Å². The van der Waals surface area contributed by atoms with Crippen LogP contribution in [0.5, 0.6) is 5.75 Å². The molecule has 0 aromatic heterocycles. The van der Waals surface area contributed by atoms with Gasteiger partial charge in [-0.3, -0.25) is 4.79 Å². The molecule has 1 aromatic carbocycles. The van der Waals surface area contributed by atoms with Crippen LogP contribution in [0.15, 0.2) is 24.3 Å². The van der Waals surface area contributed by atoms with Gasteiger partial charge in [-0.2, -0.15) is 0 Å². The van der Waals surface area contributed by atoms with Crippen LogP contribution in [-0.4, -0.2) is 70.2 Å². The van der Waals surface area contributed by atoms with E-state index in [9.17, 15) is 27.9 Å². The Labute approximate surface area is 159 Å². The number of carbonyl (C=O) groups is 2. The zero-order chi connectivity index (χ0) is 20.5. The molecule has 2 amide bonds. The van der Waals surface area contributed by atoms with E-state index in [4.69, 9.17) is 5.11 Å². The predicted octanol–water partition coefficient (Wildman–Crippen LogP) is 2.41. The normalized spacial score (nSPS) is 20.3. The van der Waals surface area contributed by atoms with Crippen LogP contribution in [0.1, 0.15) is 30.7 Å². The number of alkyl halides is 3. The Morgan fingerprint density at radius 3 is 2.00 bits per heavy atom. The van der Waals surface area contributed by atoms with Crippen molar-refractivity contribution in [3.8, 4) is 5.75 Å². The van der Waals surface area contributed by atoms with Crippen molar-refractivity contribution < 1.29 is 37.7 Å². The number of halogens is 3. The van der Waals surface area contributed by atoms with Crippen LogP contribution in [0, 0.1) is 0 Å². The average Bonchev–Trinajstić information content (AvgIpc) is 2.60. The van der Waals surface area contributed by atoms with Crippen LogP contribution in [-0.2, 0) is 4.79 Å². The highest BCUT2D eigenvalue weighted by Gasteiger charge is 2.48. The van der Waals surface area contributed by atoms with Gasteiger partial charge in [0.1, 0.15) is 5.75 Å². The third-order valence-electron chi connectivity index (χ3n) is 5.31. The van der Waals surface area contributed by atoms with Crippen LogP contribution < -0.4 is 4.74 Å². The van der Waals surface area contributed by atoms with E-state index in [2.05, 4.69) is 4.74 Å². The zero-order valence-corrected chi connectivity index (χ0v) is 15.0. The second-order valence-corrected chi connectivity index (χ2v) is 7.10. The molecule has 2 aliphatic rings. The van der Waals surface area contributed by atoms with Crippen LogP contribution in [0.2, 0.25) is 0 Å². The summed E-state index contributed by atoms with van der Waals surface area (Å²) in [7, 11) is 0. The van der Waals surface area contributed by atoms with Gasteiger partial charge in [-0.15, -0.1) is 13.2 Å². The van der Waals surface area contributed by atoms with Crippen molar-refractivity contribution in [2.45, 2.75) is 37.1 Å². The summed E-state index contributed by atoms with van der Waals surface area (Å²) in [6.07, 6.45) is -4.28. The topological polar surface area (TPSA) is 90.3 Å². The molecule has 2 fully saturated rings. The van der Waals surface area contributed by atoms with E-state index in [1.54, 1.807) is 0 Å². The molecule has 0 spiro atoms. The minimum atomic E-state index is -4.81. The number of piperazine rings is 1. The first-order chi connectivity index (χ1) is 13.1. The molecule has 10 heteroatoms. The lowest BCUT2D eigenvalue weighted by molar-refractivity contribution is -0.274. The molecule has 1 unspecified atom stereocenters. The molecule has 3 rings (SSSR count). The molecule has 0 bridgehead atoms. The molecule has 1 atom stereocenters. The summed E-state index contributed by atoms with van der Waals surface area (Å²) in [5.41, 5.74) is -0.852. The summed E-state index contributed by atoms with van der Waals surface area (Å²) in [6.45, 7) is 0.745. The Morgan fingerprint density at radius 1 is 1.04 bits per heavy atom. The van der Waals surface area contributed by atoms with Gasteiger partial charge < -0.3 is 24.7 Å². The first-order valence-corrected chi connectivity index (χ1v) is 8.94. The molecule has 7 nitrogen and oxygen atoms in total. The molecule has 1 aliphatic carbocycles. The summed E-state index contributed by atoms with van der Waals surface area (Å²) in [4.78, 5) is 26.8. The number of carboxylic acid groups (broad SMARTS) is 1. The van der Waals surface area contributed by atoms with Gasteiger partial charge in [-0.25, -0.2) is 4.79 Å². The second-order valence-electron chi connectivity index (χ2n) is 7.10. The highest BCUT2D eigenvalue weighted by molar-refractivity contribution is 5.85. The fourth-order valence-corrected chi connectivity index (χ4v) is 3.67. The van der Waals surface area contributed by atoms with Crippen LogP contribution in [0.4, 0.5) is 18.0 Å². The second kappa shape index (κ2) is 7.50. The number of carbonyl (C=O) groups excluding carboxylic acids is 1. The molecule has 1 aromatic rings. The maximum atomic E-state index is 13.1. The number of hydrogen-bond acceptors (Lipinski definition) is 4.